The molecule has 0 saturated carbocycles. The Morgan fingerprint density at radius 2 is 2.07 bits per heavy atom. The van der Waals surface area contributed by atoms with E-state index in [2.05, 4.69) is 5.16 Å². The molecule has 0 amide bonds. The van der Waals surface area contributed by atoms with Crippen LogP contribution < -0.4 is 11.5 Å². The smallest absolute Gasteiger partial charge is 0.145 e. The number of oxime groups is 1. The summed E-state index contributed by atoms with van der Waals surface area (Å²) < 4.78 is 0. The van der Waals surface area contributed by atoms with Crippen molar-refractivity contribution >= 4 is 11.4 Å². The average molecular weight is 191 g/mol. The molecule has 1 aliphatic rings. The fourth-order valence-electron chi connectivity index (χ4n) is 1.40. The fraction of sp³-hybridized carbons (Fsp3) is 0.300. The van der Waals surface area contributed by atoms with Gasteiger partial charge in [0.1, 0.15) is 6.10 Å². The maximum Gasteiger partial charge on any atom is 0.145 e. The van der Waals surface area contributed by atoms with E-state index in [9.17, 15) is 0 Å². The average Bonchev–Trinajstić information content (AvgIpc) is 2.67. The first-order valence-corrected chi connectivity index (χ1v) is 4.58. The van der Waals surface area contributed by atoms with Crippen LogP contribution in [0.15, 0.2) is 29.4 Å². The third kappa shape index (κ3) is 1.70. The highest BCUT2D eigenvalue weighted by molar-refractivity contribution is 6.01. The molecule has 1 aromatic carbocycles. The van der Waals surface area contributed by atoms with Crippen molar-refractivity contribution in [3.05, 3.63) is 29.8 Å². The minimum absolute atomic E-state index is 0.0301. The Morgan fingerprint density at radius 3 is 2.64 bits per heavy atom. The molecule has 0 radical (unpaired) electrons. The van der Waals surface area contributed by atoms with Crippen LogP contribution in [-0.4, -0.2) is 18.4 Å². The summed E-state index contributed by atoms with van der Waals surface area (Å²) in [6, 6.07) is 7.59. The summed E-state index contributed by atoms with van der Waals surface area (Å²) in [5.74, 6) is 0. The number of anilines is 1. The van der Waals surface area contributed by atoms with Crippen LogP contribution in [-0.2, 0) is 4.84 Å². The van der Waals surface area contributed by atoms with Gasteiger partial charge in [0.25, 0.3) is 0 Å². The molecule has 4 N–H and O–H groups in total. The normalized spacial score (nSPS) is 20.4. The molecule has 14 heavy (non-hydrogen) atoms. The van der Waals surface area contributed by atoms with Crippen LogP contribution >= 0.6 is 0 Å². The second kappa shape index (κ2) is 3.67. The van der Waals surface area contributed by atoms with Gasteiger partial charge in [0.05, 0.1) is 5.71 Å². The quantitative estimate of drug-likeness (QED) is 0.676. The topological polar surface area (TPSA) is 73.6 Å². The van der Waals surface area contributed by atoms with Gasteiger partial charge in [-0.05, 0) is 17.7 Å². The van der Waals surface area contributed by atoms with E-state index >= 15 is 0 Å². The van der Waals surface area contributed by atoms with Gasteiger partial charge >= 0.3 is 0 Å². The number of rotatable bonds is 2. The van der Waals surface area contributed by atoms with Crippen LogP contribution in [0, 0.1) is 0 Å². The van der Waals surface area contributed by atoms with Crippen molar-refractivity contribution in [2.75, 3.05) is 12.3 Å². The van der Waals surface area contributed by atoms with Crippen LogP contribution in [0.1, 0.15) is 12.0 Å². The number of nitrogens with zero attached hydrogens (tertiary/aromatic N) is 1. The third-order valence-electron chi connectivity index (χ3n) is 2.24. The van der Waals surface area contributed by atoms with Gasteiger partial charge in [-0.1, -0.05) is 17.3 Å². The van der Waals surface area contributed by atoms with Gasteiger partial charge in [-0.25, -0.2) is 0 Å². The largest absolute Gasteiger partial charge is 0.399 e. The van der Waals surface area contributed by atoms with Gasteiger partial charge in [0, 0.05) is 18.7 Å². The standard InChI is InChI=1S/C10H13N3O/c11-6-9-5-10(13-14-9)7-1-3-8(12)4-2-7/h1-4,9H,5-6,11-12H2. The lowest BCUT2D eigenvalue weighted by molar-refractivity contribution is 0.0918. The van der Waals surface area contributed by atoms with Crippen LogP contribution in [0.2, 0.25) is 0 Å². The minimum Gasteiger partial charge on any atom is -0.399 e. The predicted molar refractivity (Wildman–Crippen MR) is 55.9 cm³/mol. The number of nitrogen functional groups attached to an aromatic ring is 1. The molecule has 1 heterocycles. The van der Waals surface area contributed by atoms with Crippen molar-refractivity contribution in [1.82, 2.24) is 0 Å². The second-order valence-corrected chi connectivity index (χ2v) is 3.33. The molecule has 0 spiro atoms. The maximum atomic E-state index is 5.59. The molecule has 74 valence electrons. The van der Waals surface area contributed by atoms with Crippen LogP contribution in [0.5, 0.6) is 0 Å². The molecular weight excluding hydrogens is 178 g/mol. The molecule has 1 aliphatic heterocycles. The minimum atomic E-state index is 0.0301. The molecule has 1 atom stereocenters. The molecular formula is C10H13N3O. The highest BCUT2D eigenvalue weighted by atomic mass is 16.6. The van der Waals surface area contributed by atoms with Gasteiger partial charge in [-0.2, -0.15) is 0 Å². The van der Waals surface area contributed by atoms with E-state index in [1.165, 1.54) is 0 Å². The van der Waals surface area contributed by atoms with Crippen molar-refractivity contribution in [2.24, 2.45) is 10.9 Å². The van der Waals surface area contributed by atoms with E-state index in [1.807, 2.05) is 24.3 Å². The Hall–Kier alpha value is -1.55. The summed E-state index contributed by atoms with van der Waals surface area (Å²) in [7, 11) is 0. The monoisotopic (exact) mass is 191 g/mol. The van der Waals surface area contributed by atoms with Crippen molar-refractivity contribution in [3.8, 4) is 0 Å². The predicted octanol–water partition coefficient (Wildman–Crippen LogP) is 0.720. The van der Waals surface area contributed by atoms with Crippen molar-refractivity contribution in [1.29, 1.82) is 0 Å². The van der Waals surface area contributed by atoms with E-state index in [0.29, 0.717) is 6.54 Å². The molecule has 0 fully saturated rings. The molecule has 1 aromatic rings. The van der Waals surface area contributed by atoms with E-state index in [4.69, 9.17) is 16.3 Å². The summed E-state index contributed by atoms with van der Waals surface area (Å²) in [6.07, 6.45) is 0.808. The van der Waals surface area contributed by atoms with Crippen molar-refractivity contribution < 1.29 is 4.84 Å². The van der Waals surface area contributed by atoms with Gasteiger partial charge in [0.2, 0.25) is 0 Å². The lowest BCUT2D eigenvalue weighted by Crippen LogP contribution is -2.20. The zero-order chi connectivity index (χ0) is 9.97. The highest BCUT2D eigenvalue weighted by Crippen LogP contribution is 2.16. The molecule has 0 aromatic heterocycles. The summed E-state index contributed by atoms with van der Waals surface area (Å²) >= 11 is 0. The third-order valence-corrected chi connectivity index (χ3v) is 2.24. The lowest BCUT2D eigenvalue weighted by atomic mass is 10.0. The Labute approximate surface area is 82.5 Å². The van der Waals surface area contributed by atoms with E-state index in [0.717, 1.165) is 23.4 Å². The lowest BCUT2D eigenvalue weighted by Gasteiger charge is -2.02. The van der Waals surface area contributed by atoms with Gasteiger partial charge in [-0.3, -0.25) is 0 Å². The van der Waals surface area contributed by atoms with Crippen LogP contribution in [0.4, 0.5) is 5.69 Å². The summed E-state index contributed by atoms with van der Waals surface area (Å²) in [4.78, 5) is 5.13. The van der Waals surface area contributed by atoms with E-state index < -0.39 is 0 Å². The number of hydrogen-bond donors (Lipinski definition) is 2. The molecule has 4 heteroatoms. The molecule has 1 unspecified atom stereocenters. The zero-order valence-electron chi connectivity index (χ0n) is 7.81. The molecule has 0 bridgehead atoms. The first-order chi connectivity index (χ1) is 6.79. The Kier molecular flexibility index (Phi) is 2.37. The number of hydrogen-bond acceptors (Lipinski definition) is 4. The van der Waals surface area contributed by atoms with Crippen molar-refractivity contribution in [2.45, 2.75) is 12.5 Å². The molecule has 4 nitrogen and oxygen atoms in total. The van der Waals surface area contributed by atoms with Gasteiger partial charge < -0.3 is 16.3 Å². The summed E-state index contributed by atoms with van der Waals surface area (Å²) in [6.45, 7) is 0.502. The fourth-order valence-corrected chi connectivity index (χ4v) is 1.40. The molecule has 0 aliphatic carbocycles. The second-order valence-electron chi connectivity index (χ2n) is 3.33. The SMILES string of the molecule is NCC1CC(c2ccc(N)cc2)=NO1. The summed E-state index contributed by atoms with van der Waals surface area (Å²) in [5.41, 5.74) is 13.8. The highest BCUT2D eigenvalue weighted by Gasteiger charge is 2.20. The Bertz CT molecular complexity index is 345. The first-order valence-electron chi connectivity index (χ1n) is 4.58. The van der Waals surface area contributed by atoms with Crippen LogP contribution in [0.3, 0.4) is 0 Å². The molecule has 2 rings (SSSR count). The van der Waals surface area contributed by atoms with Gasteiger partial charge in [0.15, 0.2) is 0 Å². The van der Waals surface area contributed by atoms with Crippen molar-refractivity contribution in [3.63, 3.8) is 0 Å². The Balaban J connectivity index is 2.13. The van der Waals surface area contributed by atoms with E-state index in [1.54, 1.807) is 0 Å². The van der Waals surface area contributed by atoms with Gasteiger partial charge in [-0.15, -0.1) is 0 Å². The number of benzene rings is 1. The number of nitrogens with two attached hydrogens (primary N) is 2. The summed E-state index contributed by atoms with van der Waals surface area (Å²) in [5, 5.41) is 3.98. The maximum absolute atomic E-state index is 5.59. The Morgan fingerprint density at radius 1 is 1.36 bits per heavy atom. The van der Waals surface area contributed by atoms with E-state index in [-0.39, 0.29) is 6.10 Å². The molecule has 0 saturated heterocycles. The zero-order valence-corrected chi connectivity index (χ0v) is 7.81. The van der Waals surface area contributed by atoms with Crippen LogP contribution in [0.25, 0.3) is 0 Å². The first kappa shape index (κ1) is 9.02.